The number of carbonyl (C=O) groups is 1. The zero-order valence-electron chi connectivity index (χ0n) is 19.2. The molecule has 1 fully saturated rings. The van der Waals surface area contributed by atoms with Crippen LogP contribution in [0.5, 0.6) is 11.5 Å². The minimum atomic E-state index is -4.22. The number of methoxy groups -OCH3 is 1. The van der Waals surface area contributed by atoms with Crippen LogP contribution in [0.3, 0.4) is 0 Å². The number of urea groups is 1. The third-order valence-corrected chi connectivity index (χ3v) is 7.10. The monoisotopic (exact) mass is 530 g/mol. The zero-order chi connectivity index (χ0) is 24.9. The van der Waals surface area contributed by atoms with Crippen LogP contribution in [0.2, 0.25) is 10.0 Å². The van der Waals surface area contributed by atoms with Crippen molar-refractivity contribution in [1.29, 1.82) is 0 Å². The second-order valence-electron chi connectivity index (χ2n) is 8.22. The Balaban J connectivity index is 1.85. The summed E-state index contributed by atoms with van der Waals surface area (Å²) in [6.45, 7) is 5.09. The lowest BCUT2D eigenvalue weighted by molar-refractivity contribution is 0.0791. The first-order valence-corrected chi connectivity index (χ1v) is 13.0. The number of carbonyl (C=O) groups excluding carboxylic acids is 1. The maximum atomic E-state index is 12.9. The van der Waals surface area contributed by atoms with Gasteiger partial charge in [0.05, 0.1) is 23.3 Å². The summed E-state index contributed by atoms with van der Waals surface area (Å²) >= 11 is 11.9. The molecule has 2 amide bonds. The Kier molecular flexibility index (Phi) is 8.92. The van der Waals surface area contributed by atoms with E-state index in [4.69, 9.17) is 36.9 Å². The summed E-state index contributed by atoms with van der Waals surface area (Å²) in [4.78, 5) is 14.3. The lowest BCUT2D eigenvalue weighted by Crippen LogP contribution is -2.45. The molecule has 1 aliphatic rings. The number of rotatable bonds is 9. The molecule has 2 aromatic rings. The molecule has 0 aliphatic carbocycles. The number of nitrogens with one attached hydrogen (secondary N) is 1. The number of amides is 2. The summed E-state index contributed by atoms with van der Waals surface area (Å²) in [6, 6.07) is 8.53. The van der Waals surface area contributed by atoms with Gasteiger partial charge in [0.15, 0.2) is 11.5 Å². The van der Waals surface area contributed by atoms with Crippen molar-refractivity contribution in [2.24, 2.45) is 0 Å². The summed E-state index contributed by atoms with van der Waals surface area (Å²) in [6.07, 6.45) is 1.80. The highest BCUT2D eigenvalue weighted by Gasteiger charge is 2.25. The van der Waals surface area contributed by atoms with Gasteiger partial charge < -0.3 is 23.9 Å². The molecule has 8 nitrogen and oxygen atoms in total. The molecular formula is C23H28Cl2N2O6S. The van der Waals surface area contributed by atoms with Gasteiger partial charge in [-0.1, -0.05) is 29.3 Å². The molecule has 0 saturated carbocycles. The standard InChI is InChI=1S/C23H28Cl2N2O6S/c1-15(2)26-23(28)27(14-17-5-4-10-32-17)13-16-6-9-21(31-3)22(11-16)33-34(29,30)18-7-8-19(24)20(25)12-18/h6-9,11-12,15,17H,4-5,10,13-14H2,1-3H3,(H,26,28)/t17-/m1/s1. The van der Waals surface area contributed by atoms with Gasteiger partial charge in [-0.05, 0) is 62.6 Å². The van der Waals surface area contributed by atoms with Gasteiger partial charge in [-0.25, -0.2) is 4.79 Å². The molecule has 0 aromatic heterocycles. The van der Waals surface area contributed by atoms with Gasteiger partial charge in [-0.3, -0.25) is 0 Å². The minimum absolute atomic E-state index is 0.00703. The molecule has 0 unspecified atom stereocenters. The number of halogens is 2. The van der Waals surface area contributed by atoms with Gasteiger partial charge in [0.25, 0.3) is 0 Å². The molecule has 0 spiro atoms. The molecule has 1 N–H and O–H groups in total. The molecule has 186 valence electrons. The fourth-order valence-electron chi connectivity index (χ4n) is 3.50. The van der Waals surface area contributed by atoms with Crippen LogP contribution in [0.4, 0.5) is 4.79 Å². The van der Waals surface area contributed by atoms with Crippen LogP contribution in [0.1, 0.15) is 32.3 Å². The zero-order valence-corrected chi connectivity index (χ0v) is 21.5. The number of benzene rings is 2. The fourth-order valence-corrected chi connectivity index (χ4v) is 4.82. The van der Waals surface area contributed by atoms with Crippen LogP contribution in [0.15, 0.2) is 41.3 Å². The van der Waals surface area contributed by atoms with Crippen LogP contribution < -0.4 is 14.2 Å². The largest absolute Gasteiger partial charge is 0.493 e. The van der Waals surface area contributed by atoms with E-state index in [0.717, 1.165) is 12.8 Å². The first-order valence-electron chi connectivity index (χ1n) is 10.8. The maximum absolute atomic E-state index is 12.9. The van der Waals surface area contributed by atoms with Crippen molar-refractivity contribution in [2.75, 3.05) is 20.3 Å². The Bertz CT molecular complexity index is 1120. The smallest absolute Gasteiger partial charge is 0.339 e. The molecule has 1 saturated heterocycles. The number of ether oxygens (including phenoxy) is 2. The van der Waals surface area contributed by atoms with Gasteiger partial charge in [0.2, 0.25) is 0 Å². The molecule has 0 bridgehead atoms. The van der Waals surface area contributed by atoms with Crippen LogP contribution in [0, 0.1) is 0 Å². The Morgan fingerprint density at radius 1 is 1.18 bits per heavy atom. The molecule has 11 heteroatoms. The van der Waals surface area contributed by atoms with E-state index in [1.165, 1.54) is 25.3 Å². The Hall–Kier alpha value is -2.20. The number of hydrogen-bond donors (Lipinski definition) is 1. The first kappa shape index (κ1) is 26.4. The molecule has 1 atom stereocenters. The average Bonchev–Trinajstić information content (AvgIpc) is 3.28. The van der Waals surface area contributed by atoms with E-state index in [1.807, 2.05) is 13.8 Å². The van der Waals surface area contributed by atoms with Gasteiger partial charge in [-0.15, -0.1) is 0 Å². The van der Waals surface area contributed by atoms with Crippen molar-refractivity contribution < 1.29 is 26.9 Å². The van der Waals surface area contributed by atoms with Gasteiger partial charge in [0.1, 0.15) is 4.90 Å². The summed E-state index contributed by atoms with van der Waals surface area (Å²) < 4.78 is 42.1. The van der Waals surface area contributed by atoms with Gasteiger partial charge in [-0.2, -0.15) is 8.42 Å². The van der Waals surface area contributed by atoms with Crippen LogP contribution in [0.25, 0.3) is 0 Å². The van der Waals surface area contributed by atoms with E-state index in [2.05, 4.69) is 5.32 Å². The molecule has 1 aliphatic heterocycles. The first-order chi connectivity index (χ1) is 16.1. The van der Waals surface area contributed by atoms with Crippen molar-refractivity contribution in [2.45, 2.75) is 50.3 Å². The summed E-state index contributed by atoms with van der Waals surface area (Å²) in [5.74, 6) is 0.220. The van der Waals surface area contributed by atoms with Crippen LogP contribution in [-0.4, -0.2) is 51.8 Å². The number of hydrogen-bond acceptors (Lipinski definition) is 6. The molecule has 1 heterocycles. The molecule has 0 radical (unpaired) electrons. The Labute approximate surface area is 210 Å². The molecule has 2 aromatic carbocycles. The van der Waals surface area contributed by atoms with E-state index in [9.17, 15) is 13.2 Å². The SMILES string of the molecule is COc1ccc(CN(C[C@H]2CCCO2)C(=O)NC(C)C)cc1OS(=O)(=O)c1ccc(Cl)c(Cl)c1. The highest BCUT2D eigenvalue weighted by Crippen LogP contribution is 2.33. The summed E-state index contributed by atoms with van der Waals surface area (Å²) in [5.41, 5.74) is 0.664. The Morgan fingerprint density at radius 2 is 1.94 bits per heavy atom. The van der Waals surface area contributed by atoms with Crippen molar-refractivity contribution in [3.8, 4) is 11.5 Å². The minimum Gasteiger partial charge on any atom is -0.493 e. The predicted octanol–water partition coefficient (Wildman–Crippen LogP) is 4.87. The second kappa shape index (κ2) is 11.5. The van der Waals surface area contributed by atoms with Crippen molar-refractivity contribution in [3.05, 3.63) is 52.0 Å². The average molecular weight is 531 g/mol. The molecule has 3 rings (SSSR count). The van der Waals surface area contributed by atoms with Crippen LogP contribution >= 0.6 is 23.2 Å². The normalized spacial score (nSPS) is 15.9. The maximum Gasteiger partial charge on any atom is 0.339 e. The summed E-state index contributed by atoms with van der Waals surface area (Å²) in [5, 5.41) is 3.22. The van der Waals surface area contributed by atoms with Crippen molar-refractivity contribution >= 4 is 39.4 Å². The van der Waals surface area contributed by atoms with Crippen LogP contribution in [-0.2, 0) is 21.4 Å². The van der Waals surface area contributed by atoms with Crippen molar-refractivity contribution in [3.63, 3.8) is 0 Å². The quantitative estimate of drug-likeness (QED) is 0.464. The number of nitrogens with zero attached hydrogens (tertiary/aromatic N) is 1. The topological polar surface area (TPSA) is 94.2 Å². The van der Waals surface area contributed by atoms with E-state index in [1.54, 1.807) is 23.1 Å². The van der Waals surface area contributed by atoms with Gasteiger partial charge in [0, 0.05) is 25.7 Å². The predicted molar refractivity (Wildman–Crippen MR) is 130 cm³/mol. The van der Waals surface area contributed by atoms with E-state index >= 15 is 0 Å². The lowest BCUT2D eigenvalue weighted by atomic mass is 10.1. The van der Waals surface area contributed by atoms with Gasteiger partial charge >= 0.3 is 16.1 Å². The van der Waals surface area contributed by atoms with E-state index < -0.39 is 10.1 Å². The van der Waals surface area contributed by atoms with E-state index in [0.29, 0.717) is 18.7 Å². The van der Waals surface area contributed by atoms with E-state index in [-0.39, 0.29) is 51.2 Å². The highest BCUT2D eigenvalue weighted by molar-refractivity contribution is 7.87. The Morgan fingerprint density at radius 3 is 2.56 bits per heavy atom. The third-order valence-electron chi connectivity index (χ3n) is 5.13. The fraction of sp³-hybridized carbons (Fsp3) is 0.435. The summed E-state index contributed by atoms with van der Waals surface area (Å²) in [7, 11) is -2.81. The van der Waals surface area contributed by atoms with Crippen molar-refractivity contribution in [1.82, 2.24) is 10.2 Å². The second-order valence-corrected chi connectivity index (χ2v) is 10.6. The third kappa shape index (κ3) is 6.91. The highest BCUT2D eigenvalue weighted by atomic mass is 35.5. The molecular weight excluding hydrogens is 503 g/mol. The lowest BCUT2D eigenvalue weighted by Gasteiger charge is -2.27. The molecule has 34 heavy (non-hydrogen) atoms.